The molecule has 2 rings (SSSR count). The minimum atomic E-state index is -0.701. The van der Waals surface area contributed by atoms with E-state index in [4.69, 9.17) is 5.73 Å². The van der Waals surface area contributed by atoms with Crippen molar-refractivity contribution in [2.75, 3.05) is 5.32 Å². The second-order valence-electron chi connectivity index (χ2n) is 4.97. The number of nitro benzene ring substituents is 1. The highest BCUT2D eigenvalue weighted by Gasteiger charge is 2.29. The predicted octanol–water partition coefficient (Wildman–Crippen LogP) is 2.19. The first kappa shape index (κ1) is 14.4. The number of non-ortho nitro benzene ring substituents is 1. The number of carbonyl (C=O) groups is 1. The van der Waals surface area contributed by atoms with Crippen molar-refractivity contribution in [1.82, 2.24) is 0 Å². The summed E-state index contributed by atoms with van der Waals surface area (Å²) in [4.78, 5) is 22.1. The monoisotopic (exact) mass is 281 g/mol. The number of hydrogen-bond acceptors (Lipinski definition) is 4. The maximum atomic E-state index is 13.6. The minimum Gasteiger partial charge on any atom is -0.327 e. The van der Waals surface area contributed by atoms with Crippen LogP contribution in [0, 0.1) is 21.8 Å². The molecule has 1 saturated carbocycles. The lowest BCUT2D eigenvalue weighted by Crippen LogP contribution is -2.40. The van der Waals surface area contributed by atoms with Gasteiger partial charge in [0.15, 0.2) is 0 Å². The molecule has 108 valence electrons. The normalized spacial score (nSPS) is 22.3. The summed E-state index contributed by atoms with van der Waals surface area (Å²) in [5, 5.41) is 13.1. The number of anilines is 1. The van der Waals surface area contributed by atoms with E-state index < -0.39 is 10.7 Å². The van der Waals surface area contributed by atoms with Crippen molar-refractivity contribution < 1.29 is 14.1 Å². The van der Waals surface area contributed by atoms with Crippen LogP contribution >= 0.6 is 0 Å². The molecule has 0 aliphatic heterocycles. The molecule has 0 spiro atoms. The predicted molar refractivity (Wildman–Crippen MR) is 71.6 cm³/mol. The van der Waals surface area contributed by atoms with Gasteiger partial charge in [0.05, 0.1) is 16.5 Å². The number of nitrogens with two attached hydrogens (primary N) is 1. The summed E-state index contributed by atoms with van der Waals surface area (Å²) in [6, 6.07) is 2.79. The lowest BCUT2D eigenvalue weighted by atomic mass is 9.84. The Hall–Kier alpha value is -2.02. The van der Waals surface area contributed by atoms with E-state index in [-0.39, 0.29) is 29.2 Å². The highest BCUT2D eigenvalue weighted by Crippen LogP contribution is 2.26. The van der Waals surface area contributed by atoms with Crippen molar-refractivity contribution in [2.45, 2.75) is 31.7 Å². The number of nitrogens with zero attached hydrogens (tertiary/aromatic N) is 1. The van der Waals surface area contributed by atoms with Gasteiger partial charge >= 0.3 is 0 Å². The molecule has 1 amide bonds. The Morgan fingerprint density at radius 3 is 2.75 bits per heavy atom. The number of amides is 1. The van der Waals surface area contributed by atoms with Gasteiger partial charge in [0, 0.05) is 18.2 Å². The van der Waals surface area contributed by atoms with Crippen LogP contribution in [0.3, 0.4) is 0 Å². The summed E-state index contributed by atoms with van der Waals surface area (Å²) in [7, 11) is 0. The highest BCUT2D eigenvalue weighted by molar-refractivity contribution is 5.93. The van der Waals surface area contributed by atoms with E-state index in [1.165, 1.54) is 0 Å². The maximum Gasteiger partial charge on any atom is 0.271 e. The summed E-state index contributed by atoms with van der Waals surface area (Å²) in [6.45, 7) is 0. The summed E-state index contributed by atoms with van der Waals surface area (Å²) in [5.74, 6) is -1.45. The Balaban J connectivity index is 2.14. The number of benzene rings is 1. The molecular formula is C13H16FN3O3. The quantitative estimate of drug-likeness (QED) is 0.655. The number of hydrogen-bond donors (Lipinski definition) is 2. The standard InChI is InChI=1S/C13H16FN3O3/c14-10-6-5-8(17(19)20)7-12(10)16-13(18)9-3-1-2-4-11(9)15/h5-7,9,11H,1-4,15H2,(H,16,18). The molecule has 1 aliphatic carbocycles. The van der Waals surface area contributed by atoms with Gasteiger partial charge in [-0.15, -0.1) is 0 Å². The van der Waals surface area contributed by atoms with Crippen LogP contribution in [-0.2, 0) is 4.79 Å². The van der Waals surface area contributed by atoms with E-state index in [0.717, 1.165) is 37.5 Å². The van der Waals surface area contributed by atoms with Crippen LogP contribution in [-0.4, -0.2) is 16.9 Å². The Bertz CT molecular complexity index is 536. The topological polar surface area (TPSA) is 98.3 Å². The van der Waals surface area contributed by atoms with Gasteiger partial charge in [0.2, 0.25) is 5.91 Å². The molecule has 7 heteroatoms. The van der Waals surface area contributed by atoms with Crippen LogP contribution in [0.1, 0.15) is 25.7 Å². The minimum absolute atomic E-state index is 0.179. The Morgan fingerprint density at radius 1 is 1.40 bits per heavy atom. The third-order valence-corrected chi connectivity index (χ3v) is 3.57. The van der Waals surface area contributed by atoms with E-state index >= 15 is 0 Å². The number of nitrogens with one attached hydrogen (secondary N) is 1. The Kier molecular flexibility index (Phi) is 4.29. The van der Waals surface area contributed by atoms with Crippen molar-refractivity contribution in [3.8, 4) is 0 Å². The maximum absolute atomic E-state index is 13.6. The fourth-order valence-electron chi connectivity index (χ4n) is 2.43. The van der Waals surface area contributed by atoms with Crippen LogP contribution in [0.15, 0.2) is 18.2 Å². The molecule has 1 aliphatic rings. The molecule has 1 aromatic carbocycles. The molecule has 2 unspecified atom stereocenters. The lowest BCUT2D eigenvalue weighted by molar-refractivity contribution is -0.384. The highest BCUT2D eigenvalue weighted by atomic mass is 19.1. The number of nitro groups is 1. The van der Waals surface area contributed by atoms with Crippen molar-refractivity contribution >= 4 is 17.3 Å². The molecule has 0 saturated heterocycles. The molecule has 0 bridgehead atoms. The fraction of sp³-hybridized carbons (Fsp3) is 0.462. The smallest absolute Gasteiger partial charge is 0.271 e. The molecule has 1 aromatic rings. The van der Waals surface area contributed by atoms with E-state index in [0.29, 0.717) is 6.42 Å². The second-order valence-corrected chi connectivity index (χ2v) is 4.97. The zero-order chi connectivity index (χ0) is 14.7. The van der Waals surface area contributed by atoms with Crippen LogP contribution in [0.5, 0.6) is 0 Å². The molecule has 3 N–H and O–H groups in total. The van der Waals surface area contributed by atoms with Gasteiger partial charge in [-0.25, -0.2) is 4.39 Å². The van der Waals surface area contributed by atoms with Gasteiger partial charge < -0.3 is 11.1 Å². The van der Waals surface area contributed by atoms with Crippen LogP contribution in [0.2, 0.25) is 0 Å². The lowest BCUT2D eigenvalue weighted by Gasteiger charge is -2.27. The van der Waals surface area contributed by atoms with E-state index in [1.54, 1.807) is 0 Å². The average molecular weight is 281 g/mol. The van der Waals surface area contributed by atoms with Crippen molar-refractivity contribution in [1.29, 1.82) is 0 Å². The van der Waals surface area contributed by atoms with Crippen LogP contribution < -0.4 is 11.1 Å². The summed E-state index contributed by atoms with van der Waals surface area (Å²) in [6.07, 6.45) is 3.30. The SMILES string of the molecule is NC1CCCCC1C(=O)Nc1cc([N+](=O)[O-])ccc1F. The first-order chi connectivity index (χ1) is 9.49. The van der Waals surface area contributed by atoms with Crippen LogP contribution in [0.4, 0.5) is 15.8 Å². The molecule has 2 atom stereocenters. The van der Waals surface area contributed by atoms with Crippen molar-refractivity contribution in [3.63, 3.8) is 0 Å². The van der Waals surface area contributed by atoms with Gasteiger partial charge in [-0.1, -0.05) is 12.8 Å². The Morgan fingerprint density at radius 2 is 2.10 bits per heavy atom. The third-order valence-electron chi connectivity index (χ3n) is 3.57. The molecule has 0 radical (unpaired) electrons. The fourth-order valence-corrected chi connectivity index (χ4v) is 2.43. The summed E-state index contributed by atoms with van der Waals surface area (Å²) >= 11 is 0. The summed E-state index contributed by atoms with van der Waals surface area (Å²) in [5.41, 5.74) is 5.44. The van der Waals surface area contributed by atoms with Gasteiger partial charge in [-0.2, -0.15) is 0 Å². The zero-order valence-electron chi connectivity index (χ0n) is 10.8. The molecule has 1 fully saturated rings. The summed E-state index contributed by atoms with van der Waals surface area (Å²) < 4.78 is 13.6. The Labute approximate surface area is 115 Å². The van der Waals surface area contributed by atoms with E-state index in [9.17, 15) is 19.3 Å². The largest absolute Gasteiger partial charge is 0.327 e. The van der Waals surface area contributed by atoms with E-state index in [1.807, 2.05) is 0 Å². The number of carbonyl (C=O) groups excluding carboxylic acids is 1. The van der Waals surface area contributed by atoms with Gasteiger partial charge in [-0.05, 0) is 18.9 Å². The van der Waals surface area contributed by atoms with Crippen molar-refractivity contribution in [2.24, 2.45) is 11.7 Å². The van der Waals surface area contributed by atoms with Crippen LogP contribution in [0.25, 0.3) is 0 Å². The van der Waals surface area contributed by atoms with Gasteiger partial charge in [0.1, 0.15) is 5.82 Å². The second kappa shape index (κ2) is 5.96. The number of halogens is 1. The molecule has 0 aromatic heterocycles. The molecule has 20 heavy (non-hydrogen) atoms. The van der Waals surface area contributed by atoms with E-state index in [2.05, 4.69) is 5.32 Å². The third kappa shape index (κ3) is 3.11. The molecular weight excluding hydrogens is 265 g/mol. The first-order valence-corrected chi connectivity index (χ1v) is 6.49. The molecule has 0 heterocycles. The average Bonchev–Trinajstić information content (AvgIpc) is 2.41. The first-order valence-electron chi connectivity index (χ1n) is 6.49. The van der Waals surface area contributed by atoms with Gasteiger partial charge in [0.25, 0.3) is 5.69 Å². The zero-order valence-corrected chi connectivity index (χ0v) is 10.8. The van der Waals surface area contributed by atoms with Gasteiger partial charge in [-0.3, -0.25) is 14.9 Å². The van der Waals surface area contributed by atoms with Crippen molar-refractivity contribution in [3.05, 3.63) is 34.1 Å². The molecule has 6 nitrogen and oxygen atoms in total. The number of rotatable bonds is 3.